The van der Waals surface area contributed by atoms with E-state index in [0.717, 1.165) is 5.92 Å². The van der Waals surface area contributed by atoms with Gasteiger partial charge in [-0.3, -0.25) is 0 Å². The lowest BCUT2D eigenvalue weighted by atomic mass is 9.57. The lowest BCUT2D eigenvalue weighted by molar-refractivity contribution is 0.120. The maximum Gasteiger partial charge on any atom is 0.344 e. The zero-order valence-electron chi connectivity index (χ0n) is 19.1. The van der Waals surface area contributed by atoms with E-state index >= 15 is 0 Å². The van der Waals surface area contributed by atoms with Gasteiger partial charge in [0.2, 0.25) is 0 Å². The third kappa shape index (κ3) is 6.52. The molecule has 0 saturated heterocycles. The first-order chi connectivity index (χ1) is 15.0. The summed E-state index contributed by atoms with van der Waals surface area (Å²) >= 11 is 0. The van der Waals surface area contributed by atoms with Crippen molar-refractivity contribution in [1.29, 1.82) is 0 Å². The van der Waals surface area contributed by atoms with Crippen LogP contribution in [0.25, 0.3) is 0 Å². The Kier molecular flexibility index (Phi) is 9.34. The molecule has 0 spiro atoms. The first-order valence-corrected chi connectivity index (χ1v) is 12.5. The summed E-state index contributed by atoms with van der Waals surface area (Å²) in [6.07, 6.45) is 17.2. The smallest absolute Gasteiger partial charge is 0.344 e. The zero-order chi connectivity index (χ0) is 22.1. The molecule has 174 valence electrons. The van der Waals surface area contributed by atoms with E-state index in [9.17, 15) is 13.2 Å². The molecule has 31 heavy (non-hydrogen) atoms. The van der Waals surface area contributed by atoms with E-state index < -0.39 is 12.1 Å². The fraction of sp³-hybridized carbons (Fsp3) is 0.704. The number of halogens is 3. The first-order valence-electron chi connectivity index (χ1n) is 12.5. The lowest BCUT2D eigenvalue weighted by Gasteiger charge is -2.48. The Bertz CT molecular complexity index is 679. The molecule has 1 nitrogen and oxygen atoms in total. The molecule has 0 radical (unpaired) electrons. The molecule has 0 N–H and O–H groups in total. The highest BCUT2D eigenvalue weighted by Crippen LogP contribution is 2.52. The molecule has 0 unspecified atom stereocenters. The summed E-state index contributed by atoms with van der Waals surface area (Å²) in [6.45, 7) is 2.26. The third-order valence-electron chi connectivity index (χ3n) is 7.89. The zero-order valence-corrected chi connectivity index (χ0v) is 19.1. The first kappa shape index (κ1) is 24.2. The van der Waals surface area contributed by atoms with Crippen LogP contribution in [-0.2, 0) is 5.41 Å². The molecule has 0 heterocycles. The van der Waals surface area contributed by atoms with Crippen LogP contribution >= 0.6 is 0 Å². The molecule has 1 aromatic carbocycles. The lowest BCUT2D eigenvalue weighted by Crippen LogP contribution is -2.40. The summed E-state index contributed by atoms with van der Waals surface area (Å²) in [5, 5.41) is 0. The second kappa shape index (κ2) is 12.0. The fourth-order valence-corrected chi connectivity index (χ4v) is 6.10. The molecule has 1 aromatic rings. The van der Waals surface area contributed by atoms with Gasteiger partial charge in [-0.1, -0.05) is 76.8 Å². The Morgan fingerprint density at radius 2 is 1.52 bits per heavy atom. The van der Waals surface area contributed by atoms with Gasteiger partial charge < -0.3 is 4.74 Å². The van der Waals surface area contributed by atoms with Crippen LogP contribution in [0.1, 0.15) is 109 Å². The Hall–Kier alpha value is -1.45. The molecule has 2 aliphatic carbocycles. The Labute approximate surface area is 186 Å². The minimum atomic E-state index is -2.42. The van der Waals surface area contributed by atoms with E-state index in [1.807, 2.05) is 12.1 Å². The molecule has 0 aliphatic heterocycles. The van der Waals surface area contributed by atoms with Crippen molar-refractivity contribution in [3.63, 3.8) is 0 Å². The SMILES string of the molecule is CCCCCCCC1CCC(c2ccc(OC(F)=C(F)F)cc2)(C2CCCCC2)CC1. The van der Waals surface area contributed by atoms with Gasteiger partial charge in [0.25, 0.3) is 0 Å². The van der Waals surface area contributed by atoms with Gasteiger partial charge >= 0.3 is 12.1 Å². The highest BCUT2D eigenvalue weighted by Gasteiger charge is 2.43. The van der Waals surface area contributed by atoms with Crippen LogP contribution in [0.3, 0.4) is 0 Å². The minimum Gasteiger partial charge on any atom is -0.428 e. The molecule has 4 heteroatoms. The van der Waals surface area contributed by atoms with E-state index in [0.29, 0.717) is 5.92 Å². The van der Waals surface area contributed by atoms with E-state index in [1.165, 1.54) is 102 Å². The van der Waals surface area contributed by atoms with Crippen LogP contribution in [0.2, 0.25) is 0 Å². The van der Waals surface area contributed by atoms with Crippen LogP contribution < -0.4 is 4.74 Å². The van der Waals surface area contributed by atoms with Gasteiger partial charge in [-0.15, -0.1) is 0 Å². The summed E-state index contributed by atoms with van der Waals surface area (Å²) in [7, 11) is 0. The summed E-state index contributed by atoms with van der Waals surface area (Å²) in [4.78, 5) is 0. The van der Waals surface area contributed by atoms with Crippen LogP contribution in [-0.4, -0.2) is 0 Å². The Balaban J connectivity index is 1.67. The van der Waals surface area contributed by atoms with Gasteiger partial charge in [0.05, 0.1) is 0 Å². The Morgan fingerprint density at radius 3 is 2.13 bits per heavy atom. The minimum absolute atomic E-state index is 0.133. The van der Waals surface area contributed by atoms with Crippen molar-refractivity contribution < 1.29 is 17.9 Å². The highest BCUT2D eigenvalue weighted by molar-refractivity contribution is 5.34. The summed E-state index contributed by atoms with van der Waals surface area (Å²) in [5.41, 5.74) is 1.47. The molecule has 2 saturated carbocycles. The number of benzene rings is 1. The molecule has 0 aromatic heterocycles. The van der Waals surface area contributed by atoms with Gasteiger partial charge in [0.1, 0.15) is 5.75 Å². The molecular formula is C27H39F3O. The quantitative estimate of drug-likeness (QED) is 0.262. The summed E-state index contributed by atoms with van der Waals surface area (Å²) < 4.78 is 42.5. The van der Waals surface area contributed by atoms with Crippen LogP contribution in [0, 0.1) is 11.8 Å². The van der Waals surface area contributed by atoms with Crippen molar-refractivity contribution in [2.75, 3.05) is 0 Å². The molecule has 2 aliphatic rings. The van der Waals surface area contributed by atoms with E-state index in [-0.39, 0.29) is 11.2 Å². The summed E-state index contributed by atoms with van der Waals surface area (Å²) in [5.74, 6) is 1.67. The highest BCUT2D eigenvalue weighted by atomic mass is 19.3. The average molecular weight is 437 g/mol. The monoisotopic (exact) mass is 436 g/mol. The topological polar surface area (TPSA) is 9.23 Å². The van der Waals surface area contributed by atoms with Gasteiger partial charge in [0.15, 0.2) is 0 Å². The Morgan fingerprint density at radius 1 is 0.871 bits per heavy atom. The second-order valence-electron chi connectivity index (χ2n) is 9.80. The number of hydrogen-bond donors (Lipinski definition) is 0. The van der Waals surface area contributed by atoms with Crippen LogP contribution in [0.5, 0.6) is 5.75 Å². The maximum absolute atomic E-state index is 13.2. The normalized spacial score (nSPS) is 24.7. The van der Waals surface area contributed by atoms with E-state index in [4.69, 9.17) is 0 Å². The van der Waals surface area contributed by atoms with E-state index in [1.54, 1.807) is 12.1 Å². The molecule has 0 amide bonds. The summed E-state index contributed by atoms with van der Waals surface area (Å²) in [6, 6.07) is 5.50. The van der Waals surface area contributed by atoms with Crippen molar-refractivity contribution in [2.24, 2.45) is 11.8 Å². The molecule has 0 atom stereocenters. The predicted molar refractivity (Wildman–Crippen MR) is 121 cm³/mol. The number of rotatable bonds is 10. The third-order valence-corrected chi connectivity index (χ3v) is 7.89. The molecular weight excluding hydrogens is 397 g/mol. The second-order valence-corrected chi connectivity index (χ2v) is 9.80. The molecule has 3 rings (SSSR count). The standard InChI is InChI=1S/C27H39F3O/c1-2-3-4-5-7-10-21-17-19-27(20-18-21,22-11-8-6-9-12-22)23-13-15-24(16-14-23)31-26(30)25(28)29/h13-16,21-22H,2-12,17-20H2,1H3. The van der Waals surface area contributed by atoms with Gasteiger partial charge in [-0.05, 0) is 73.5 Å². The molecule has 2 fully saturated rings. The number of unbranched alkanes of at least 4 members (excludes halogenated alkanes) is 4. The van der Waals surface area contributed by atoms with Crippen molar-refractivity contribution >= 4 is 0 Å². The van der Waals surface area contributed by atoms with Crippen molar-refractivity contribution in [2.45, 2.75) is 109 Å². The maximum atomic E-state index is 13.2. The van der Waals surface area contributed by atoms with E-state index in [2.05, 4.69) is 11.7 Å². The predicted octanol–water partition coefficient (Wildman–Crippen LogP) is 9.47. The van der Waals surface area contributed by atoms with Crippen LogP contribution in [0.15, 0.2) is 36.4 Å². The van der Waals surface area contributed by atoms with Gasteiger partial charge in [-0.25, -0.2) is 0 Å². The fourth-order valence-electron chi connectivity index (χ4n) is 6.10. The number of hydrogen-bond acceptors (Lipinski definition) is 1. The van der Waals surface area contributed by atoms with Gasteiger partial charge in [0, 0.05) is 0 Å². The van der Waals surface area contributed by atoms with Gasteiger partial charge in [-0.2, -0.15) is 13.2 Å². The average Bonchev–Trinajstić information content (AvgIpc) is 2.80. The molecule has 0 bridgehead atoms. The number of ether oxygens (including phenoxy) is 1. The van der Waals surface area contributed by atoms with Crippen LogP contribution in [0.4, 0.5) is 13.2 Å². The van der Waals surface area contributed by atoms with Crippen molar-refractivity contribution in [3.8, 4) is 5.75 Å². The van der Waals surface area contributed by atoms with Crippen molar-refractivity contribution in [3.05, 3.63) is 41.9 Å². The van der Waals surface area contributed by atoms with Crippen molar-refractivity contribution in [1.82, 2.24) is 0 Å². The largest absolute Gasteiger partial charge is 0.428 e.